The Morgan fingerprint density at radius 2 is 1.68 bits per heavy atom. The molecule has 0 unspecified atom stereocenters. The van der Waals surface area contributed by atoms with E-state index in [-0.39, 0.29) is 6.10 Å². The Bertz CT molecular complexity index is 1190. The zero-order valence-electron chi connectivity index (χ0n) is 19.6. The minimum atomic E-state index is -1.12. The van der Waals surface area contributed by atoms with Gasteiger partial charge in [-0.15, -0.1) is 0 Å². The number of rotatable bonds is 7. The van der Waals surface area contributed by atoms with E-state index < -0.39 is 11.9 Å². The van der Waals surface area contributed by atoms with Crippen LogP contribution < -0.4 is 4.90 Å². The number of anilines is 1. The number of hydrogen-bond donors (Lipinski definition) is 0. The lowest BCUT2D eigenvalue weighted by Crippen LogP contribution is -2.47. The third-order valence-corrected chi connectivity index (χ3v) is 5.71. The number of carbonyl (C=O) groups excluding carboxylic acids is 1. The SMILES string of the molecule is CC(C)OC(=O)[C@@H](C#N)c1nc2ccccc2nc1N1CCN(C/C=C/c2ccccc2)CC1. The predicted molar refractivity (Wildman–Crippen MR) is 133 cm³/mol. The van der Waals surface area contributed by atoms with E-state index in [0.29, 0.717) is 17.0 Å². The summed E-state index contributed by atoms with van der Waals surface area (Å²) in [6, 6.07) is 19.9. The molecule has 1 aromatic heterocycles. The first-order valence-corrected chi connectivity index (χ1v) is 11.6. The molecule has 0 aliphatic carbocycles. The van der Waals surface area contributed by atoms with E-state index in [1.54, 1.807) is 13.8 Å². The van der Waals surface area contributed by atoms with E-state index in [2.05, 4.69) is 40.2 Å². The van der Waals surface area contributed by atoms with Gasteiger partial charge in [-0.05, 0) is 31.5 Å². The summed E-state index contributed by atoms with van der Waals surface area (Å²) in [4.78, 5) is 26.7. The van der Waals surface area contributed by atoms with E-state index in [9.17, 15) is 10.1 Å². The second-order valence-electron chi connectivity index (χ2n) is 8.57. The largest absolute Gasteiger partial charge is 0.462 e. The molecule has 0 spiro atoms. The molecule has 1 saturated heterocycles. The Morgan fingerprint density at radius 3 is 2.32 bits per heavy atom. The maximum atomic E-state index is 12.7. The molecular weight excluding hydrogens is 426 g/mol. The second kappa shape index (κ2) is 10.9. The fraction of sp³-hybridized carbons (Fsp3) is 0.333. The van der Waals surface area contributed by atoms with Gasteiger partial charge in [0.15, 0.2) is 11.7 Å². The van der Waals surface area contributed by atoms with E-state index in [1.165, 1.54) is 5.56 Å². The van der Waals surface area contributed by atoms with Crippen molar-refractivity contribution in [3.63, 3.8) is 0 Å². The molecule has 4 rings (SSSR count). The highest BCUT2D eigenvalue weighted by Crippen LogP contribution is 2.29. The number of hydrogen-bond acceptors (Lipinski definition) is 7. The molecule has 1 aliphatic heterocycles. The van der Waals surface area contributed by atoms with Crippen LogP contribution in [0.5, 0.6) is 0 Å². The molecule has 0 bridgehead atoms. The topological polar surface area (TPSA) is 82.3 Å². The van der Waals surface area contributed by atoms with Crippen molar-refractivity contribution in [2.24, 2.45) is 0 Å². The Labute approximate surface area is 200 Å². The van der Waals surface area contributed by atoms with Crippen molar-refractivity contribution in [1.29, 1.82) is 5.26 Å². The first kappa shape index (κ1) is 23.4. The minimum absolute atomic E-state index is 0.312. The fourth-order valence-electron chi connectivity index (χ4n) is 4.00. The first-order chi connectivity index (χ1) is 16.5. The molecule has 2 heterocycles. The monoisotopic (exact) mass is 455 g/mol. The minimum Gasteiger partial charge on any atom is -0.462 e. The number of esters is 1. The molecule has 3 aromatic rings. The lowest BCUT2D eigenvalue weighted by atomic mass is 10.1. The molecule has 7 heteroatoms. The Balaban J connectivity index is 1.53. The number of nitrogens with zero attached hydrogens (tertiary/aromatic N) is 5. The molecule has 2 aromatic carbocycles. The number of piperazine rings is 1. The van der Waals surface area contributed by atoms with Gasteiger partial charge in [0.1, 0.15) is 5.69 Å². The van der Waals surface area contributed by atoms with Crippen LogP contribution in [0.2, 0.25) is 0 Å². The fourth-order valence-corrected chi connectivity index (χ4v) is 4.00. The normalized spacial score (nSPS) is 15.5. The van der Waals surface area contributed by atoms with E-state index in [0.717, 1.165) is 38.2 Å². The molecule has 0 amide bonds. The van der Waals surface area contributed by atoms with Crippen LogP contribution in [-0.2, 0) is 9.53 Å². The zero-order valence-corrected chi connectivity index (χ0v) is 19.6. The standard InChI is InChI=1S/C27H29N5O2/c1-20(2)34-27(33)22(19-28)25-26(30-24-13-7-6-12-23(24)29-25)32-17-15-31(16-18-32)14-8-11-21-9-4-3-5-10-21/h3-13,20,22H,14-18H2,1-2H3/b11-8+/t22-/m0/s1. The summed E-state index contributed by atoms with van der Waals surface area (Å²) in [5.74, 6) is -1.13. The van der Waals surface area contributed by atoms with Gasteiger partial charge < -0.3 is 9.64 Å². The first-order valence-electron chi connectivity index (χ1n) is 11.6. The summed E-state index contributed by atoms with van der Waals surface area (Å²) in [5.41, 5.74) is 2.95. The highest BCUT2D eigenvalue weighted by Gasteiger charge is 2.31. The zero-order chi connectivity index (χ0) is 23.9. The lowest BCUT2D eigenvalue weighted by Gasteiger charge is -2.35. The van der Waals surface area contributed by atoms with Gasteiger partial charge in [-0.25, -0.2) is 9.97 Å². The molecule has 174 valence electrons. The van der Waals surface area contributed by atoms with Gasteiger partial charge in [-0.2, -0.15) is 5.26 Å². The number of ether oxygens (including phenoxy) is 1. The average Bonchev–Trinajstić information content (AvgIpc) is 2.85. The van der Waals surface area contributed by atoms with Crippen LogP contribution in [0.25, 0.3) is 17.1 Å². The number of carbonyl (C=O) groups is 1. The lowest BCUT2D eigenvalue weighted by molar-refractivity contribution is -0.147. The maximum absolute atomic E-state index is 12.7. The van der Waals surface area contributed by atoms with Crippen LogP contribution in [0, 0.1) is 11.3 Å². The molecule has 0 saturated carbocycles. The second-order valence-corrected chi connectivity index (χ2v) is 8.57. The van der Waals surface area contributed by atoms with Gasteiger partial charge in [0, 0.05) is 32.7 Å². The van der Waals surface area contributed by atoms with Crippen LogP contribution in [0.15, 0.2) is 60.7 Å². The van der Waals surface area contributed by atoms with Crippen LogP contribution in [0.1, 0.15) is 31.0 Å². The Morgan fingerprint density at radius 1 is 1.03 bits per heavy atom. The Hall–Kier alpha value is -3.76. The van der Waals surface area contributed by atoms with Gasteiger partial charge in [0.2, 0.25) is 0 Å². The van der Waals surface area contributed by atoms with Gasteiger partial charge in [-0.3, -0.25) is 9.69 Å². The highest BCUT2D eigenvalue weighted by atomic mass is 16.5. The van der Waals surface area contributed by atoms with Crippen LogP contribution in [-0.4, -0.2) is 59.7 Å². The predicted octanol–water partition coefficient (Wildman–Crippen LogP) is 4.02. The van der Waals surface area contributed by atoms with Crippen molar-refractivity contribution in [1.82, 2.24) is 14.9 Å². The van der Waals surface area contributed by atoms with Crippen molar-refractivity contribution in [3.05, 3.63) is 71.9 Å². The van der Waals surface area contributed by atoms with Crippen LogP contribution in [0.3, 0.4) is 0 Å². The molecule has 0 radical (unpaired) electrons. The summed E-state index contributed by atoms with van der Waals surface area (Å²) in [6.45, 7) is 7.56. The van der Waals surface area contributed by atoms with Crippen molar-refractivity contribution < 1.29 is 9.53 Å². The summed E-state index contributed by atoms with van der Waals surface area (Å²) < 4.78 is 5.35. The van der Waals surface area contributed by atoms with Gasteiger partial charge in [0.05, 0.1) is 23.2 Å². The third-order valence-electron chi connectivity index (χ3n) is 5.71. The molecule has 1 aliphatic rings. The number of aromatic nitrogens is 2. The van der Waals surface area contributed by atoms with E-state index in [1.807, 2.05) is 42.5 Å². The molecule has 0 N–H and O–H groups in total. The number of nitriles is 1. The van der Waals surface area contributed by atoms with Crippen molar-refractivity contribution >= 4 is 28.9 Å². The quantitative estimate of drug-likeness (QED) is 0.498. The van der Waals surface area contributed by atoms with Gasteiger partial charge in [0.25, 0.3) is 0 Å². The number of fused-ring (bicyclic) bond motifs is 1. The van der Waals surface area contributed by atoms with Crippen molar-refractivity contribution in [3.8, 4) is 6.07 Å². The number of benzene rings is 2. The smallest absolute Gasteiger partial charge is 0.329 e. The summed E-state index contributed by atoms with van der Waals surface area (Å²) in [5, 5.41) is 9.84. The van der Waals surface area contributed by atoms with Crippen LogP contribution in [0.4, 0.5) is 5.82 Å². The molecule has 7 nitrogen and oxygen atoms in total. The molecule has 34 heavy (non-hydrogen) atoms. The molecule has 1 atom stereocenters. The highest BCUT2D eigenvalue weighted by molar-refractivity contribution is 5.85. The Kier molecular flexibility index (Phi) is 7.51. The van der Waals surface area contributed by atoms with Gasteiger partial charge >= 0.3 is 5.97 Å². The van der Waals surface area contributed by atoms with E-state index in [4.69, 9.17) is 14.7 Å². The summed E-state index contributed by atoms with van der Waals surface area (Å²) in [6.07, 6.45) is 4.00. The van der Waals surface area contributed by atoms with Gasteiger partial charge in [-0.1, -0.05) is 54.6 Å². The van der Waals surface area contributed by atoms with Crippen molar-refractivity contribution in [2.75, 3.05) is 37.6 Å². The summed E-state index contributed by atoms with van der Waals surface area (Å²) >= 11 is 0. The molecule has 1 fully saturated rings. The van der Waals surface area contributed by atoms with Crippen LogP contribution >= 0.6 is 0 Å². The summed E-state index contributed by atoms with van der Waals surface area (Å²) in [7, 11) is 0. The average molecular weight is 456 g/mol. The van der Waals surface area contributed by atoms with E-state index >= 15 is 0 Å². The molecular formula is C27H29N5O2. The number of para-hydroxylation sites is 2. The third kappa shape index (κ3) is 5.59. The van der Waals surface area contributed by atoms with Crippen molar-refractivity contribution in [2.45, 2.75) is 25.9 Å². The maximum Gasteiger partial charge on any atom is 0.329 e.